The van der Waals surface area contributed by atoms with Crippen LogP contribution in [0, 0.1) is 0 Å². The fraction of sp³-hybridized carbons (Fsp3) is 0.235. The van der Waals surface area contributed by atoms with Crippen LogP contribution in [0.25, 0.3) is 0 Å². The zero-order valence-corrected chi connectivity index (χ0v) is 20.7. The Morgan fingerprint density at radius 1 is 1.23 bits per heavy atom. The quantitative estimate of drug-likeness (QED) is 0.335. The van der Waals surface area contributed by atoms with Crippen molar-refractivity contribution in [2.75, 3.05) is 11.9 Å². The summed E-state index contributed by atoms with van der Waals surface area (Å²) in [7, 11) is -4.19. The zero-order chi connectivity index (χ0) is 18.4. The SMILES string of the molecule is CCCCNc1cc(C(=O)O)cc(S(N)(=O)=O)c1Oc1ccccc1.[Hg]. The summed E-state index contributed by atoms with van der Waals surface area (Å²) >= 11 is 0. The number of carbonyl (C=O) groups is 1. The van der Waals surface area contributed by atoms with Crippen LogP contribution in [0.15, 0.2) is 47.4 Å². The molecule has 26 heavy (non-hydrogen) atoms. The second kappa shape index (κ2) is 9.89. The molecular weight excluding hydrogens is 545 g/mol. The number of hydrogen-bond donors (Lipinski definition) is 3. The minimum Gasteiger partial charge on any atom is -0.478 e. The summed E-state index contributed by atoms with van der Waals surface area (Å²) in [6.45, 7) is 2.54. The largest absolute Gasteiger partial charge is 0.478 e. The van der Waals surface area contributed by atoms with Gasteiger partial charge in [0.15, 0.2) is 5.75 Å². The first-order valence-corrected chi connectivity index (χ1v) is 9.28. The van der Waals surface area contributed by atoms with Crippen LogP contribution in [0.1, 0.15) is 30.1 Å². The number of carboxylic acid groups (broad SMARTS) is 1. The van der Waals surface area contributed by atoms with E-state index in [1.54, 1.807) is 30.3 Å². The molecule has 4 N–H and O–H groups in total. The van der Waals surface area contributed by atoms with E-state index >= 15 is 0 Å². The van der Waals surface area contributed by atoms with Gasteiger partial charge in [-0.05, 0) is 30.7 Å². The van der Waals surface area contributed by atoms with Crippen LogP contribution in [0.2, 0.25) is 0 Å². The Kier molecular flexibility index (Phi) is 8.52. The molecule has 0 saturated carbocycles. The maximum Gasteiger partial charge on any atom is 0.335 e. The predicted molar refractivity (Wildman–Crippen MR) is 94.7 cm³/mol. The summed E-state index contributed by atoms with van der Waals surface area (Å²) in [5.41, 5.74) is 0.0738. The third-order valence-corrected chi connectivity index (χ3v) is 4.33. The fourth-order valence-corrected chi connectivity index (χ4v) is 2.88. The maximum absolute atomic E-state index is 12.0. The van der Waals surface area contributed by atoms with Gasteiger partial charge in [0.2, 0.25) is 10.0 Å². The summed E-state index contributed by atoms with van der Waals surface area (Å²) in [6.07, 6.45) is 1.75. The standard InChI is InChI=1S/C17H20N2O5S.Hg/c1-2-3-9-19-14-10-12(17(20)21)11-15(25(18,22)23)16(14)24-13-7-5-4-6-8-13;/h4-8,10-11,19H,2-3,9H2,1H3,(H,20,21)(H2,18,22,23);. The van der Waals surface area contributed by atoms with Gasteiger partial charge in [-0.15, -0.1) is 0 Å². The van der Waals surface area contributed by atoms with E-state index in [0.29, 0.717) is 12.3 Å². The number of anilines is 1. The van der Waals surface area contributed by atoms with E-state index in [0.717, 1.165) is 18.9 Å². The van der Waals surface area contributed by atoms with Crippen molar-refractivity contribution in [1.29, 1.82) is 0 Å². The van der Waals surface area contributed by atoms with Gasteiger partial charge < -0.3 is 15.2 Å². The van der Waals surface area contributed by atoms with Crippen LogP contribution < -0.4 is 15.2 Å². The molecule has 0 aliphatic rings. The van der Waals surface area contributed by atoms with Gasteiger partial charge in [0.25, 0.3) is 0 Å². The van der Waals surface area contributed by atoms with Gasteiger partial charge in [-0.2, -0.15) is 0 Å². The van der Waals surface area contributed by atoms with E-state index < -0.39 is 16.0 Å². The molecule has 0 spiro atoms. The van der Waals surface area contributed by atoms with Crippen LogP contribution in [0.4, 0.5) is 5.69 Å². The molecule has 0 unspecified atom stereocenters. The molecule has 0 radical (unpaired) electrons. The Bertz CT molecular complexity index is 857. The van der Waals surface area contributed by atoms with E-state index in [-0.39, 0.29) is 49.6 Å². The van der Waals surface area contributed by atoms with Crippen LogP contribution in [-0.4, -0.2) is 26.0 Å². The van der Waals surface area contributed by atoms with E-state index in [4.69, 9.17) is 9.88 Å². The zero-order valence-electron chi connectivity index (χ0n) is 14.4. The maximum atomic E-state index is 12.0. The number of nitrogens with two attached hydrogens (primary N) is 1. The number of ether oxygens (including phenoxy) is 1. The molecule has 0 bridgehead atoms. The summed E-state index contributed by atoms with van der Waals surface area (Å²) in [6, 6.07) is 10.9. The number of benzene rings is 2. The molecular formula is C17H20HgN2O5S. The number of nitrogens with one attached hydrogen (secondary N) is 1. The predicted octanol–water partition coefficient (Wildman–Crippen LogP) is 3.03. The molecule has 0 aromatic heterocycles. The first-order chi connectivity index (χ1) is 11.8. The molecule has 2 rings (SSSR count). The summed E-state index contributed by atoms with van der Waals surface area (Å²) in [5, 5.41) is 17.6. The van der Waals surface area contributed by atoms with Gasteiger partial charge in [0, 0.05) is 34.2 Å². The molecule has 0 aliphatic carbocycles. The molecule has 136 valence electrons. The Labute approximate surface area is 173 Å². The van der Waals surface area contributed by atoms with E-state index in [9.17, 15) is 18.3 Å². The van der Waals surface area contributed by atoms with Crippen molar-refractivity contribution in [1.82, 2.24) is 0 Å². The Hall–Kier alpha value is -1.64. The van der Waals surface area contributed by atoms with Crippen LogP contribution in [0.3, 0.4) is 0 Å². The molecule has 2 aromatic carbocycles. The van der Waals surface area contributed by atoms with Crippen LogP contribution in [0.5, 0.6) is 11.5 Å². The number of rotatable bonds is 8. The Balaban J connectivity index is 0.00000338. The number of unbranched alkanes of at least 4 members (excludes halogenated alkanes) is 1. The third kappa shape index (κ3) is 5.96. The molecule has 0 heterocycles. The molecule has 9 heteroatoms. The molecule has 0 amide bonds. The molecule has 2 aromatic rings. The van der Waals surface area contributed by atoms with Gasteiger partial charge >= 0.3 is 5.97 Å². The summed E-state index contributed by atoms with van der Waals surface area (Å²) < 4.78 is 29.7. The molecule has 0 fully saturated rings. The van der Waals surface area contributed by atoms with Crippen LogP contribution >= 0.6 is 0 Å². The van der Waals surface area contributed by atoms with Gasteiger partial charge in [0.1, 0.15) is 10.6 Å². The summed E-state index contributed by atoms with van der Waals surface area (Å²) in [5.74, 6) is -0.862. The van der Waals surface area contributed by atoms with Crippen molar-refractivity contribution in [3.05, 3.63) is 48.0 Å². The third-order valence-electron chi connectivity index (χ3n) is 3.42. The number of hydrogen-bond acceptors (Lipinski definition) is 5. The number of sulfonamides is 1. The number of aromatic carboxylic acids is 1. The molecule has 0 aliphatic heterocycles. The Morgan fingerprint density at radius 3 is 2.42 bits per heavy atom. The summed E-state index contributed by atoms with van der Waals surface area (Å²) in [4.78, 5) is 10.9. The van der Waals surface area contributed by atoms with Gasteiger partial charge in [-0.25, -0.2) is 18.4 Å². The van der Waals surface area contributed by atoms with Crippen LogP contribution in [-0.2, 0) is 37.7 Å². The van der Waals surface area contributed by atoms with E-state index in [2.05, 4.69) is 5.32 Å². The van der Waals surface area contributed by atoms with Crippen molar-refractivity contribution in [2.24, 2.45) is 5.14 Å². The van der Waals surface area contributed by atoms with Gasteiger partial charge in [0.05, 0.1) is 11.3 Å². The van der Waals surface area contributed by atoms with Gasteiger partial charge in [-0.1, -0.05) is 31.5 Å². The number of primary sulfonamides is 1. The van der Waals surface area contributed by atoms with Crippen molar-refractivity contribution in [3.63, 3.8) is 0 Å². The second-order valence-corrected chi connectivity index (χ2v) is 6.93. The minimum absolute atomic E-state index is 0. The van der Waals surface area contributed by atoms with Crippen molar-refractivity contribution in [3.8, 4) is 11.5 Å². The van der Waals surface area contributed by atoms with Gasteiger partial charge in [-0.3, -0.25) is 0 Å². The fourth-order valence-electron chi connectivity index (χ4n) is 2.18. The van der Waals surface area contributed by atoms with E-state index in [1.807, 2.05) is 6.92 Å². The molecule has 7 nitrogen and oxygen atoms in total. The van der Waals surface area contributed by atoms with Crippen molar-refractivity contribution >= 4 is 21.7 Å². The average Bonchev–Trinajstić information content (AvgIpc) is 2.56. The average molecular weight is 565 g/mol. The van der Waals surface area contributed by atoms with Crippen molar-refractivity contribution in [2.45, 2.75) is 24.7 Å². The number of para-hydroxylation sites is 1. The normalized spacial score (nSPS) is 10.7. The first-order valence-electron chi connectivity index (χ1n) is 7.74. The first kappa shape index (κ1) is 22.4. The van der Waals surface area contributed by atoms with E-state index in [1.165, 1.54) is 6.07 Å². The van der Waals surface area contributed by atoms with Crippen molar-refractivity contribution < 1.29 is 50.7 Å². The topological polar surface area (TPSA) is 119 Å². The second-order valence-electron chi connectivity index (χ2n) is 5.40. The molecule has 0 atom stereocenters. The molecule has 0 saturated heterocycles. The Morgan fingerprint density at radius 2 is 1.88 bits per heavy atom. The number of carboxylic acids is 1. The monoisotopic (exact) mass is 566 g/mol. The smallest absolute Gasteiger partial charge is 0.335 e. The minimum atomic E-state index is -4.19.